The maximum Gasteiger partial charge on any atom is 0.416 e. The molecule has 1 aliphatic carbocycles. The fourth-order valence-corrected chi connectivity index (χ4v) is 4.32. The minimum atomic E-state index is -4.85. The minimum Gasteiger partial charge on any atom is -0.492 e. The van der Waals surface area contributed by atoms with Gasteiger partial charge in [0.05, 0.1) is 23.7 Å². The lowest BCUT2D eigenvalue weighted by Gasteiger charge is -2.29. The number of benzene rings is 2. The third-order valence-electron chi connectivity index (χ3n) is 6.92. The van der Waals surface area contributed by atoms with Crippen LogP contribution in [0.15, 0.2) is 48.4 Å². The number of hydrogen-bond donors (Lipinski definition) is 2. The van der Waals surface area contributed by atoms with Gasteiger partial charge in [-0.15, -0.1) is 0 Å². The zero-order chi connectivity index (χ0) is 31.9. The summed E-state index contributed by atoms with van der Waals surface area (Å²) in [6, 6.07) is 5.73. The molecule has 0 aromatic heterocycles. The number of aliphatic carboxylic acids is 1. The number of ether oxygens (including phenoxy) is 2. The van der Waals surface area contributed by atoms with Crippen LogP contribution in [0.4, 0.5) is 26.3 Å². The molecule has 2 aliphatic rings. The molecule has 2 aromatic carbocycles. The van der Waals surface area contributed by atoms with E-state index in [4.69, 9.17) is 9.47 Å². The molecule has 0 bridgehead atoms. The Hall–Kier alpha value is -3.37. The molecule has 0 saturated heterocycles. The van der Waals surface area contributed by atoms with Crippen LogP contribution < -0.4 is 10.1 Å². The Bertz CT molecular complexity index is 1270. The summed E-state index contributed by atoms with van der Waals surface area (Å²) in [6.45, 7) is 7.06. The van der Waals surface area contributed by atoms with Crippen molar-refractivity contribution in [2.45, 2.75) is 90.7 Å². The number of fused-ring (bicyclic) bond motifs is 1. The molecule has 3 atom stereocenters. The van der Waals surface area contributed by atoms with Crippen molar-refractivity contribution in [3.05, 3.63) is 76.2 Å². The van der Waals surface area contributed by atoms with Gasteiger partial charge in [-0.25, -0.2) is 0 Å². The van der Waals surface area contributed by atoms with Gasteiger partial charge >= 0.3 is 18.3 Å². The van der Waals surface area contributed by atoms with E-state index < -0.39 is 53.1 Å². The number of alkyl halides is 6. The van der Waals surface area contributed by atoms with Gasteiger partial charge in [0.2, 0.25) is 0 Å². The van der Waals surface area contributed by atoms with Gasteiger partial charge in [0.25, 0.3) is 0 Å². The van der Waals surface area contributed by atoms with Crippen LogP contribution in [0.25, 0.3) is 0 Å². The zero-order valence-corrected chi connectivity index (χ0v) is 24.7. The van der Waals surface area contributed by atoms with Crippen molar-refractivity contribution in [1.82, 2.24) is 5.32 Å². The maximum atomic E-state index is 13.6. The van der Waals surface area contributed by atoms with Gasteiger partial charge in [-0.1, -0.05) is 52.2 Å². The molecule has 43 heavy (non-hydrogen) atoms. The van der Waals surface area contributed by atoms with Crippen molar-refractivity contribution in [2.24, 2.45) is 11.8 Å². The van der Waals surface area contributed by atoms with Gasteiger partial charge in [0.15, 0.2) is 11.9 Å². The summed E-state index contributed by atoms with van der Waals surface area (Å²) in [6.07, 6.45) is -2.98. The average molecular weight is 616 g/mol. The summed E-state index contributed by atoms with van der Waals surface area (Å²) >= 11 is 0. The average Bonchev–Trinajstić information content (AvgIpc) is 3.81. The predicted molar refractivity (Wildman–Crippen MR) is 150 cm³/mol. The van der Waals surface area contributed by atoms with E-state index in [1.54, 1.807) is 13.0 Å². The highest BCUT2D eigenvalue weighted by atomic mass is 19.4. The number of hydrogen-bond acceptors (Lipinski definition) is 4. The Morgan fingerprint density at radius 2 is 1.70 bits per heavy atom. The van der Waals surface area contributed by atoms with Gasteiger partial charge in [0, 0.05) is 12.2 Å². The standard InChI is InChI=1S/C29H33F6NO4.C3H6/c1-16(2)15-39-26(24-10-7-20-6-5-19(12-25(20)40-24)11-17(3)27(37)38)14-36-18(4)22-13-21(28(30,31)32)8-9-23(22)29(33,34)35;1-2-3-1/h5-6,8-9,12-14,16-18,24,36H,7,10-11,15H2,1-4H3,(H,37,38);1-3H2/b26-14-;. The third kappa shape index (κ3) is 10.4. The van der Waals surface area contributed by atoms with E-state index in [2.05, 4.69) is 5.32 Å². The van der Waals surface area contributed by atoms with Gasteiger partial charge in [-0.2, -0.15) is 26.3 Å². The van der Waals surface area contributed by atoms with Crippen LogP contribution in [-0.4, -0.2) is 23.8 Å². The number of carboxylic acid groups (broad SMARTS) is 1. The first-order valence-corrected chi connectivity index (χ1v) is 14.4. The quantitative estimate of drug-likeness (QED) is 0.207. The molecule has 1 aliphatic heterocycles. The highest BCUT2D eigenvalue weighted by Gasteiger charge is 2.38. The molecule has 238 valence electrons. The van der Waals surface area contributed by atoms with Crippen LogP contribution in [-0.2, 0) is 34.7 Å². The smallest absolute Gasteiger partial charge is 0.416 e. The summed E-state index contributed by atoms with van der Waals surface area (Å²) in [5.74, 6) is -0.545. The third-order valence-corrected chi connectivity index (χ3v) is 6.92. The van der Waals surface area contributed by atoms with E-state index in [0.717, 1.165) is 11.1 Å². The van der Waals surface area contributed by atoms with Gasteiger partial charge < -0.3 is 19.9 Å². The summed E-state index contributed by atoms with van der Waals surface area (Å²) in [4.78, 5) is 11.3. The Morgan fingerprint density at radius 3 is 2.26 bits per heavy atom. The summed E-state index contributed by atoms with van der Waals surface area (Å²) in [7, 11) is 0. The first-order chi connectivity index (χ1) is 20.1. The summed E-state index contributed by atoms with van der Waals surface area (Å²) in [5, 5.41) is 12.0. The molecule has 5 nitrogen and oxygen atoms in total. The largest absolute Gasteiger partial charge is 0.492 e. The SMILES string of the molecule is C1CC1.CC(C)CO/C(=C\NC(C)c1cc(C(F)(F)F)ccc1C(F)(F)F)C1CCc2ccc(CC(C)C(=O)O)cc2O1. The molecule has 3 unspecified atom stereocenters. The van der Waals surface area contributed by atoms with E-state index in [1.807, 2.05) is 26.0 Å². The number of carbonyl (C=O) groups is 1. The number of halogens is 6. The molecule has 11 heteroatoms. The highest BCUT2D eigenvalue weighted by Crippen LogP contribution is 2.39. The van der Waals surface area contributed by atoms with Gasteiger partial charge in [0.1, 0.15) is 5.75 Å². The van der Waals surface area contributed by atoms with Crippen LogP contribution in [0.2, 0.25) is 0 Å². The molecule has 1 heterocycles. The lowest BCUT2D eigenvalue weighted by Crippen LogP contribution is -2.29. The molecular weight excluding hydrogens is 576 g/mol. The number of aryl methyl sites for hydroxylation is 1. The van der Waals surface area contributed by atoms with Crippen molar-refractivity contribution < 1.29 is 45.7 Å². The van der Waals surface area contributed by atoms with Crippen LogP contribution >= 0.6 is 0 Å². The van der Waals surface area contributed by atoms with E-state index >= 15 is 0 Å². The van der Waals surface area contributed by atoms with Crippen molar-refractivity contribution in [1.29, 1.82) is 0 Å². The fourth-order valence-electron chi connectivity index (χ4n) is 4.32. The van der Waals surface area contributed by atoms with E-state index in [1.165, 1.54) is 32.4 Å². The first kappa shape index (κ1) is 34.1. The summed E-state index contributed by atoms with van der Waals surface area (Å²) in [5.41, 5.74) is -1.19. The molecule has 2 N–H and O–H groups in total. The van der Waals surface area contributed by atoms with E-state index in [9.17, 15) is 36.2 Å². The lowest BCUT2D eigenvalue weighted by atomic mass is 9.96. The van der Waals surface area contributed by atoms with Gasteiger partial charge in [-0.05, 0) is 73.1 Å². The predicted octanol–water partition coefficient (Wildman–Crippen LogP) is 8.72. The highest BCUT2D eigenvalue weighted by molar-refractivity contribution is 5.70. The van der Waals surface area contributed by atoms with Crippen molar-refractivity contribution >= 4 is 5.97 Å². The van der Waals surface area contributed by atoms with Crippen molar-refractivity contribution in [2.75, 3.05) is 6.61 Å². The van der Waals surface area contributed by atoms with Crippen molar-refractivity contribution in [3.63, 3.8) is 0 Å². The summed E-state index contributed by atoms with van der Waals surface area (Å²) < 4.78 is 92.8. The van der Waals surface area contributed by atoms with E-state index in [0.29, 0.717) is 49.0 Å². The Labute approximate surface area is 248 Å². The fraction of sp³-hybridized carbons (Fsp3) is 0.531. The Balaban J connectivity index is 0.00000158. The Kier molecular flexibility index (Phi) is 11.4. The molecule has 1 fully saturated rings. The number of rotatable bonds is 10. The minimum absolute atomic E-state index is 0.112. The molecule has 0 radical (unpaired) electrons. The second kappa shape index (κ2) is 14.4. The maximum absolute atomic E-state index is 13.6. The first-order valence-electron chi connectivity index (χ1n) is 14.4. The molecule has 4 rings (SSSR count). The van der Waals surface area contributed by atoms with Gasteiger partial charge in [-0.3, -0.25) is 4.79 Å². The van der Waals surface area contributed by atoms with Crippen LogP contribution in [0, 0.1) is 11.8 Å². The monoisotopic (exact) mass is 615 g/mol. The number of nitrogens with one attached hydrogen (secondary N) is 1. The zero-order valence-electron chi connectivity index (χ0n) is 24.7. The number of carboxylic acids is 1. The molecule has 0 amide bonds. The van der Waals surface area contributed by atoms with Crippen LogP contribution in [0.5, 0.6) is 5.75 Å². The van der Waals surface area contributed by atoms with E-state index in [-0.39, 0.29) is 12.5 Å². The molecule has 0 spiro atoms. The Morgan fingerprint density at radius 1 is 1.02 bits per heavy atom. The molecule has 2 aromatic rings. The van der Waals surface area contributed by atoms with Crippen molar-refractivity contribution in [3.8, 4) is 5.75 Å². The van der Waals surface area contributed by atoms with Crippen LogP contribution in [0.1, 0.15) is 87.2 Å². The second-order valence-electron chi connectivity index (χ2n) is 11.5. The molecule has 1 saturated carbocycles. The normalized spacial score (nSPS) is 18.0. The topological polar surface area (TPSA) is 67.8 Å². The lowest BCUT2D eigenvalue weighted by molar-refractivity contribution is -0.142. The molecular formula is C32H39F6NO4. The second-order valence-corrected chi connectivity index (χ2v) is 11.5. The van der Waals surface area contributed by atoms with Crippen LogP contribution in [0.3, 0.4) is 0 Å².